The van der Waals surface area contributed by atoms with Crippen LogP contribution in [0.2, 0.25) is 0 Å². The maximum atomic E-state index is 10.6. The molecule has 2 aromatic carbocycles. The van der Waals surface area contributed by atoms with Gasteiger partial charge in [-0.25, -0.2) is 4.68 Å². The molecule has 0 saturated heterocycles. The fourth-order valence-electron chi connectivity index (χ4n) is 3.77. The summed E-state index contributed by atoms with van der Waals surface area (Å²) in [5.74, 6) is 1.83. The van der Waals surface area contributed by atoms with Gasteiger partial charge in [-0.2, -0.15) is 5.10 Å². The molecular formula is C27H35N3O5. The highest BCUT2D eigenvalue weighted by molar-refractivity contribution is 5.66. The summed E-state index contributed by atoms with van der Waals surface area (Å²) < 4.78 is 24.4. The third-order valence-electron chi connectivity index (χ3n) is 5.42. The number of methoxy groups -OCH3 is 2. The van der Waals surface area contributed by atoms with E-state index in [0.717, 1.165) is 16.8 Å². The van der Waals surface area contributed by atoms with Crippen molar-refractivity contribution in [2.45, 2.75) is 12.6 Å². The van der Waals surface area contributed by atoms with Crippen LogP contribution < -0.4 is 9.47 Å². The van der Waals surface area contributed by atoms with Crippen LogP contribution in [0.5, 0.6) is 17.4 Å². The van der Waals surface area contributed by atoms with Crippen molar-refractivity contribution in [1.29, 1.82) is 0 Å². The molecule has 0 aliphatic heterocycles. The molecular weight excluding hydrogens is 446 g/mol. The fraction of sp³-hybridized carbons (Fsp3) is 0.370. The number of para-hydroxylation sites is 2. The summed E-state index contributed by atoms with van der Waals surface area (Å²) in [6.45, 7) is 6.29. The van der Waals surface area contributed by atoms with E-state index in [9.17, 15) is 5.11 Å². The molecule has 1 aromatic heterocycles. The first-order valence-electron chi connectivity index (χ1n) is 11.6. The molecule has 1 N–H and O–H groups in total. The number of aliphatic hydroxyl groups excluding tert-OH is 1. The second-order valence-electron chi connectivity index (χ2n) is 8.08. The van der Waals surface area contributed by atoms with Crippen molar-refractivity contribution in [1.82, 2.24) is 14.7 Å². The molecule has 0 fully saturated rings. The summed E-state index contributed by atoms with van der Waals surface area (Å²) in [5.41, 5.74) is 2.70. The zero-order valence-corrected chi connectivity index (χ0v) is 20.7. The smallest absolute Gasteiger partial charge is 0.222 e. The summed E-state index contributed by atoms with van der Waals surface area (Å²) in [6, 6.07) is 17.5. The summed E-state index contributed by atoms with van der Waals surface area (Å²) >= 11 is 0. The minimum Gasteiger partial charge on any atom is -0.493 e. The van der Waals surface area contributed by atoms with Crippen molar-refractivity contribution in [3.63, 3.8) is 0 Å². The van der Waals surface area contributed by atoms with E-state index in [1.165, 1.54) is 0 Å². The van der Waals surface area contributed by atoms with Crippen LogP contribution in [0.4, 0.5) is 0 Å². The monoisotopic (exact) mass is 481 g/mol. The van der Waals surface area contributed by atoms with Crippen LogP contribution in [0, 0.1) is 0 Å². The zero-order valence-electron chi connectivity index (χ0n) is 20.7. The van der Waals surface area contributed by atoms with Gasteiger partial charge in [0.2, 0.25) is 5.88 Å². The number of ether oxygens (including phenoxy) is 4. The van der Waals surface area contributed by atoms with Crippen LogP contribution in [0.25, 0.3) is 11.3 Å². The van der Waals surface area contributed by atoms with Gasteiger partial charge in [-0.1, -0.05) is 48.5 Å². The quantitative estimate of drug-likeness (QED) is 0.261. The number of hydrogen-bond donors (Lipinski definition) is 1. The Labute approximate surface area is 207 Å². The third kappa shape index (κ3) is 7.40. The van der Waals surface area contributed by atoms with Gasteiger partial charge in [-0.3, -0.25) is 4.90 Å². The molecule has 8 nitrogen and oxygen atoms in total. The van der Waals surface area contributed by atoms with Crippen molar-refractivity contribution < 1.29 is 24.1 Å². The first-order chi connectivity index (χ1) is 17.1. The minimum atomic E-state index is -0.665. The van der Waals surface area contributed by atoms with Gasteiger partial charge in [-0.05, 0) is 12.1 Å². The highest BCUT2D eigenvalue weighted by atomic mass is 16.5. The molecule has 35 heavy (non-hydrogen) atoms. The lowest BCUT2D eigenvalue weighted by Crippen LogP contribution is -2.36. The average molecular weight is 482 g/mol. The first-order valence-corrected chi connectivity index (χ1v) is 11.6. The van der Waals surface area contributed by atoms with E-state index < -0.39 is 6.10 Å². The molecule has 0 aliphatic carbocycles. The molecule has 0 unspecified atom stereocenters. The fourth-order valence-corrected chi connectivity index (χ4v) is 3.77. The molecule has 3 rings (SSSR count). The summed E-state index contributed by atoms with van der Waals surface area (Å²) in [6.07, 6.45) is 1.00. The van der Waals surface area contributed by atoms with E-state index in [1.807, 2.05) is 61.6 Å². The van der Waals surface area contributed by atoms with E-state index >= 15 is 0 Å². The van der Waals surface area contributed by atoms with Gasteiger partial charge in [0.1, 0.15) is 5.69 Å². The number of hydrogen-bond acceptors (Lipinski definition) is 7. The van der Waals surface area contributed by atoms with Gasteiger partial charge in [0.05, 0.1) is 38.6 Å². The van der Waals surface area contributed by atoms with Gasteiger partial charge >= 0.3 is 0 Å². The minimum absolute atomic E-state index is 0.221. The third-order valence-corrected chi connectivity index (χ3v) is 5.42. The summed E-state index contributed by atoms with van der Waals surface area (Å²) in [4.78, 5) is 2.12. The Morgan fingerprint density at radius 2 is 1.80 bits per heavy atom. The predicted molar refractivity (Wildman–Crippen MR) is 136 cm³/mol. The molecule has 8 heteroatoms. The van der Waals surface area contributed by atoms with E-state index in [2.05, 4.69) is 11.5 Å². The maximum absolute atomic E-state index is 10.6. The lowest BCUT2D eigenvalue weighted by molar-refractivity contribution is 0.0193. The van der Waals surface area contributed by atoms with Gasteiger partial charge in [0.15, 0.2) is 11.5 Å². The van der Waals surface area contributed by atoms with Crippen molar-refractivity contribution in [3.05, 3.63) is 72.8 Å². The summed E-state index contributed by atoms with van der Waals surface area (Å²) in [7, 11) is 5.14. The molecule has 3 aromatic rings. The van der Waals surface area contributed by atoms with Crippen molar-refractivity contribution in [3.8, 4) is 28.6 Å². The van der Waals surface area contributed by atoms with Crippen LogP contribution >= 0.6 is 0 Å². The maximum Gasteiger partial charge on any atom is 0.222 e. The molecule has 0 aliphatic rings. The van der Waals surface area contributed by atoms with Crippen LogP contribution in [0.3, 0.4) is 0 Å². The Balaban J connectivity index is 1.96. The highest BCUT2D eigenvalue weighted by Gasteiger charge is 2.24. The van der Waals surface area contributed by atoms with E-state index in [-0.39, 0.29) is 6.61 Å². The lowest BCUT2D eigenvalue weighted by Gasteiger charge is -2.25. The van der Waals surface area contributed by atoms with Gasteiger partial charge in [-0.15, -0.1) is 6.58 Å². The topological polar surface area (TPSA) is 78.2 Å². The number of rotatable bonds is 15. The van der Waals surface area contributed by atoms with Gasteiger partial charge in [0.25, 0.3) is 0 Å². The molecule has 188 valence electrons. The lowest BCUT2D eigenvalue weighted by atomic mass is 10.1. The number of benzene rings is 2. The predicted octanol–water partition coefficient (Wildman–Crippen LogP) is 3.90. The van der Waals surface area contributed by atoms with Crippen molar-refractivity contribution in [2.24, 2.45) is 7.05 Å². The van der Waals surface area contributed by atoms with Crippen molar-refractivity contribution in [2.75, 3.05) is 47.1 Å². The van der Waals surface area contributed by atoms with Crippen LogP contribution in [0.15, 0.2) is 67.3 Å². The Kier molecular flexibility index (Phi) is 10.3. The molecule has 0 amide bonds. The Bertz CT molecular complexity index is 1050. The number of aliphatic hydroxyl groups is 1. The summed E-state index contributed by atoms with van der Waals surface area (Å²) in [5, 5.41) is 15.4. The standard InChI is InChI=1S/C27H35N3O5/c1-5-16-34-20-22(31)18-30(15-17-32-3)19-23-26(21-11-7-6-8-12-21)28-29(2)27(23)35-25-14-10-9-13-24(25)33-4/h5-14,22,31H,1,15-20H2,2-4H3/t22-/m1/s1. The number of aromatic nitrogens is 2. The molecule has 1 heterocycles. The van der Waals surface area contributed by atoms with Gasteiger partial charge in [0, 0.05) is 39.4 Å². The second kappa shape index (κ2) is 13.7. The molecule has 0 saturated carbocycles. The Morgan fingerprint density at radius 1 is 1.09 bits per heavy atom. The second-order valence-corrected chi connectivity index (χ2v) is 8.08. The van der Waals surface area contributed by atoms with Crippen LogP contribution in [-0.2, 0) is 23.1 Å². The van der Waals surface area contributed by atoms with Crippen LogP contribution in [-0.4, -0.2) is 73.0 Å². The first kappa shape index (κ1) is 26.4. The van der Waals surface area contributed by atoms with E-state index in [1.54, 1.807) is 25.0 Å². The van der Waals surface area contributed by atoms with E-state index in [4.69, 9.17) is 24.0 Å². The SMILES string of the molecule is C=CCOC[C@H](O)CN(CCOC)Cc1c(-c2ccccc2)nn(C)c1Oc1ccccc1OC. The Morgan fingerprint density at radius 3 is 2.49 bits per heavy atom. The molecule has 0 radical (unpaired) electrons. The highest BCUT2D eigenvalue weighted by Crippen LogP contribution is 2.37. The normalized spacial score (nSPS) is 12.0. The Hall–Kier alpha value is -3.17. The van der Waals surface area contributed by atoms with Crippen LogP contribution in [0.1, 0.15) is 5.56 Å². The molecule has 0 spiro atoms. The zero-order chi connectivity index (χ0) is 25.0. The molecule has 0 bridgehead atoms. The number of nitrogens with zero attached hydrogens (tertiary/aromatic N) is 3. The largest absolute Gasteiger partial charge is 0.493 e. The van der Waals surface area contributed by atoms with E-state index in [0.29, 0.717) is 50.2 Å². The number of aryl methyl sites for hydroxylation is 1. The van der Waals surface area contributed by atoms with Crippen molar-refractivity contribution >= 4 is 0 Å². The van der Waals surface area contributed by atoms with Gasteiger partial charge < -0.3 is 24.1 Å². The average Bonchev–Trinajstić information content (AvgIpc) is 3.18. The molecule has 1 atom stereocenters.